The summed E-state index contributed by atoms with van der Waals surface area (Å²) in [5, 5.41) is 26.8. The molecule has 0 spiro atoms. The number of aromatic nitrogens is 2. The smallest absolute Gasteiger partial charge is 0.336 e. The summed E-state index contributed by atoms with van der Waals surface area (Å²) in [7, 11) is 0. The summed E-state index contributed by atoms with van der Waals surface area (Å²) in [6, 6.07) is 13.8. The lowest BCUT2D eigenvalue weighted by atomic mass is 9.80. The Bertz CT molecular complexity index is 1500. The molecule has 9 heteroatoms. The molecule has 2 fully saturated rings. The zero-order valence-corrected chi connectivity index (χ0v) is 22.0. The van der Waals surface area contributed by atoms with Crippen LogP contribution in [0.25, 0.3) is 22.2 Å². The number of fused-ring (bicyclic) bond motifs is 1. The number of carboxylic acids is 1. The number of hydrogen-bond donors (Lipinski definition) is 2. The van der Waals surface area contributed by atoms with Gasteiger partial charge in [-0.2, -0.15) is 0 Å². The Labute approximate surface area is 229 Å². The molecular weight excluding hydrogens is 527 g/mol. The minimum absolute atomic E-state index is 0.0501. The second kappa shape index (κ2) is 9.97. The molecule has 2 aromatic heterocycles. The van der Waals surface area contributed by atoms with E-state index >= 15 is 0 Å². The van der Waals surface area contributed by atoms with Gasteiger partial charge in [0.2, 0.25) is 0 Å². The van der Waals surface area contributed by atoms with Gasteiger partial charge in [0, 0.05) is 22.4 Å². The maximum Gasteiger partial charge on any atom is 0.336 e. The van der Waals surface area contributed by atoms with E-state index in [0.717, 1.165) is 24.2 Å². The third-order valence-electron chi connectivity index (χ3n) is 7.63. The van der Waals surface area contributed by atoms with Gasteiger partial charge >= 0.3 is 5.97 Å². The molecule has 7 nitrogen and oxygen atoms in total. The summed E-state index contributed by atoms with van der Waals surface area (Å²) in [6.45, 7) is 0.321. The first-order chi connectivity index (χ1) is 18.3. The topological polar surface area (TPSA) is 106 Å². The highest BCUT2D eigenvalue weighted by molar-refractivity contribution is 6.39. The van der Waals surface area contributed by atoms with Gasteiger partial charge in [0.1, 0.15) is 17.1 Å². The van der Waals surface area contributed by atoms with E-state index < -0.39 is 11.6 Å². The largest absolute Gasteiger partial charge is 0.478 e. The second-order valence-corrected chi connectivity index (χ2v) is 11.0. The molecular formula is C29H26Cl2N2O5. The minimum atomic E-state index is -1.10. The first-order valence-electron chi connectivity index (χ1n) is 12.7. The third-order valence-corrected chi connectivity index (χ3v) is 8.26. The quantitative estimate of drug-likeness (QED) is 0.251. The molecule has 196 valence electrons. The number of carboxylic acid groups (broad SMARTS) is 1. The lowest BCUT2D eigenvalue weighted by Gasteiger charge is -2.35. The van der Waals surface area contributed by atoms with Gasteiger partial charge in [-0.15, -0.1) is 0 Å². The molecule has 0 aliphatic heterocycles. The van der Waals surface area contributed by atoms with Crippen molar-refractivity contribution >= 4 is 40.1 Å². The Morgan fingerprint density at radius 2 is 1.74 bits per heavy atom. The Hall–Kier alpha value is -2.97. The maximum absolute atomic E-state index is 11.5. The number of pyridine rings is 1. The molecule has 0 saturated heterocycles. The molecule has 2 saturated carbocycles. The van der Waals surface area contributed by atoms with Crippen molar-refractivity contribution in [1.82, 2.24) is 10.1 Å². The van der Waals surface area contributed by atoms with Crippen molar-refractivity contribution in [2.75, 3.05) is 0 Å². The summed E-state index contributed by atoms with van der Waals surface area (Å²) in [4.78, 5) is 16.2. The summed E-state index contributed by atoms with van der Waals surface area (Å²) in [5.41, 5.74) is 2.36. The number of aromatic carboxylic acids is 1. The summed E-state index contributed by atoms with van der Waals surface area (Å²) < 4.78 is 12.1. The Kier molecular flexibility index (Phi) is 6.64. The zero-order valence-electron chi connectivity index (χ0n) is 20.5. The average molecular weight is 553 g/mol. The van der Waals surface area contributed by atoms with Gasteiger partial charge in [-0.3, -0.25) is 0 Å². The van der Waals surface area contributed by atoms with Gasteiger partial charge in [0.25, 0.3) is 0 Å². The highest BCUT2D eigenvalue weighted by atomic mass is 35.5. The second-order valence-electron chi connectivity index (χ2n) is 10.2. The molecule has 2 aliphatic rings. The van der Waals surface area contributed by atoms with Crippen LogP contribution in [0.5, 0.6) is 0 Å². The Morgan fingerprint density at radius 3 is 2.42 bits per heavy atom. The van der Waals surface area contributed by atoms with Gasteiger partial charge < -0.3 is 19.5 Å². The molecule has 2 N–H and O–H groups in total. The van der Waals surface area contributed by atoms with Crippen LogP contribution in [-0.4, -0.2) is 32.4 Å². The van der Waals surface area contributed by atoms with Crippen molar-refractivity contribution in [2.24, 2.45) is 0 Å². The van der Waals surface area contributed by atoms with Crippen LogP contribution in [0.1, 0.15) is 71.8 Å². The van der Waals surface area contributed by atoms with Crippen LogP contribution in [0, 0.1) is 0 Å². The molecule has 38 heavy (non-hydrogen) atoms. The standard InChI is InChI=1S/C29H26Cl2N2O5/c30-21-4-2-5-22(31)25(21)26-20(27(38-33-26)16-7-8-16)15-37-17-11-13-29(36,14-12-17)24-10-9-18-19(28(34)35)3-1-6-23(18)32-24/h1-6,9-10,16-17,36H,7-8,11-15H2,(H,34,35)/t17-,29+. The lowest BCUT2D eigenvalue weighted by Crippen LogP contribution is -2.35. The number of hydrogen-bond acceptors (Lipinski definition) is 6. The Balaban J connectivity index is 1.17. The number of benzene rings is 2. The molecule has 0 amide bonds. The van der Waals surface area contributed by atoms with Crippen molar-refractivity contribution in [3.05, 3.63) is 81.2 Å². The molecule has 0 atom stereocenters. The number of rotatable bonds is 7. The molecule has 4 aromatic rings. The number of aliphatic hydroxyl groups is 1. The molecule has 0 bridgehead atoms. The van der Waals surface area contributed by atoms with Crippen molar-refractivity contribution in [3.8, 4) is 11.3 Å². The van der Waals surface area contributed by atoms with E-state index in [0.29, 0.717) is 76.1 Å². The summed E-state index contributed by atoms with van der Waals surface area (Å²) in [5.74, 6) is 0.178. The van der Waals surface area contributed by atoms with Crippen molar-refractivity contribution in [3.63, 3.8) is 0 Å². The van der Waals surface area contributed by atoms with Gasteiger partial charge in [-0.25, -0.2) is 9.78 Å². The van der Waals surface area contributed by atoms with Gasteiger partial charge in [-0.05, 0) is 68.9 Å². The van der Waals surface area contributed by atoms with Crippen LogP contribution >= 0.6 is 23.2 Å². The van der Waals surface area contributed by atoms with E-state index in [9.17, 15) is 15.0 Å². The molecule has 2 aromatic carbocycles. The fraction of sp³-hybridized carbons (Fsp3) is 0.345. The van der Waals surface area contributed by atoms with Gasteiger partial charge in [-0.1, -0.05) is 46.6 Å². The number of ether oxygens (including phenoxy) is 1. The zero-order chi connectivity index (χ0) is 26.4. The monoisotopic (exact) mass is 552 g/mol. The van der Waals surface area contributed by atoms with Crippen molar-refractivity contribution in [1.29, 1.82) is 0 Å². The first kappa shape index (κ1) is 25.3. The van der Waals surface area contributed by atoms with Crippen molar-refractivity contribution in [2.45, 2.75) is 62.8 Å². The van der Waals surface area contributed by atoms with Gasteiger partial charge in [0.05, 0.1) is 39.5 Å². The van der Waals surface area contributed by atoms with E-state index in [1.165, 1.54) is 0 Å². The van der Waals surface area contributed by atoms with Crippen LogP contribution in [0.15, 0.2) is 53.1 Å². The van der Waals surface area contributed by atoms with Crippen LogP contribution < -0.4 is 0 Å². The molecule has 2 aliphatic carbocycles. The molecule has 0 unspecified atom stereocenters. The van der Waals surface area contributed by atoms with E-state index in [1.807, 2.05) is 0 Å². The maximum atomic E-state index is 11.5. The Morgan fingerprint density at radius 1 is 1.03 bits per heavy atom. The molecule has 2 heterocycles. The predicted octanol–water partition coefficient (Wildman–Crippen LogP) is 7.12. The lowest BCUT2D eigenvalue weighted by molar-refractivity contribution is -0.0660. The minimum Gasteiger partial charge on any atom is -0.478 e. The predicted molar refractivity (Wildman–Crippen MR) is 144 cm³/mol. The van der Waals surface area contributed by atoms with Crippen molar-refractivity contribution < 1.29 is 24.3 Å². The van der Waals surface area contributed by atoms with Gasteiger partial charge in [0.15, 0.2) is 0 Å². The molecule has 0 radical (unpaired) electrons. The third kappa shape index (κ3) is 4.69. The fourth-order valence-corrected chi connectivity index (χ4v) is 5.92. The van der Waals surface area contributed by atoms with E-state index in [4.69, 9.17) is 32.5 Å². The summed E-state index contributed by atoms with van der Waals surface area (Å²) >= 11 is 12.9. The number of halogens is 2. The van der Waals surface area contributed by atoms with E-state index in [1.54, 1.807) is 48.5 Å². The fourth-order valence-electron chi connectivity index (χ4n) is 5.34. The van der Waals surface area contributed by atoms with Crippen LogP contribution in [0.2, 0.25) is 10.0 Å². The average Bonchev–Trinajstić information content (AvgIpc) is 3.67. The van der Waals surface area contributed by atoms with Crippen LogP contribution in [0.3, 0.4) is 0 Å². The normalized spacial score (nSPS) is 21.6. The van der Waals surface area contributed by atoms with E-state index in [-0.39, 0.29) is 11.7 Å². The highest BCUT2D eigenvalue weighted by Crippen LogP contribution is 2.46. The number of nitrogens with zero attached hydrogens (tertiary/aromatic N) is 2. The first-order valence-corrected chi connectivity index (χ1v) is 13.5. The number of carbonyl (C=O) groups is 1. The van der Waals surface area contributed by atoms with E-state index in [2.05, 4.69) is 10.1 Å². The SMILES string of the molecule is O=C(O)c1cccc2nc([C@]3(O)CC[C@@H](OCc4c(-c5c(Cl)cccc5Cl)noc4C4CC4)CC3)ccc12. The molecule has 6 rings (SSSR count). The van der Waals surface area contributed by atoms with Crippen LogP contribution in [0.4, 0.5) is 0 Å². The van der Waals surface area contributed by atoms with Crippen LogP contribution in [-0.2, 0) is 16.9 Å². The summed E-state index contributed by atoms with van der Waals surface area (Å²) in [6.07, 6.45) is 4.33. The highest BCUT2D eigenvalue weighted by Gasteiger charge is 2.38.